The van der Waals surface area contributed by atoms with Crippen molar-refractivity contribution in [1.82, 2.24) is 14.5 Å². The minimum absolute atomic E-state index is 0.151. The molecule has 4 rings (SSSR count). The second-order valence-electron chi connectivity index (χ2n) is 9.47. The van der Waals surface area contributed by atoms with Crippen molar-refractivity contribution in [2.75, 3.05) is 83.7 Å². The van der Waals surface area contributed by atoms with Crippen molar-refractivity contribution < 1.29 is 22.7 Å². The van der Waals surface area contributed by atoms with Crippen molar-refractivity contribution in [2.24, 2.45) is 5.92 Å². The topological polar surface area (TPSA) is 91.4 Å². The van der Waals surface area contributed by atoms with Crippen LogP contribution in [0.15, 0.2) is 23.1 Å². The van der Waals surface area contributed by atoms with Gasteiger partial charge in [-0.05, 0) is 50.0 Å². The van der Waals surface area contributed by atoms with E-state index >= 15 is 0 Å². The Kier molecular flexibility index (Phi) is 8.81. The van der Waals surface area contributed by atoms with Crippen LogP contribution in [0.1, 0.15) is 36.5 Å². The van der Waals surface area contributed by atoms with Crippen LogP contribution in [0.25, 0.3) is 0 Å². The van der Waals surface area contributed by atoms with Gasteiger partial charge in [-0.25, -0.2) is 8.42 Å². The number of amides is 1. The summed E-state index contributed by atoms with van der Waals surface area (Å²) in [6.45, 7) is 9.83. The van der Waals surface area contributed by atoms with E-state index in [2.05, 4.69) is 22.0 Å². The van der Waals surface area contributed by atoms with Crippen molar-refractivity contribution in [1.29, 1.82) is 0 Å². The van der Waals surface area contributed by atoms with Crippen molar-refractivity contribution in [3.8, 4) is 0 Å². The number of piperidine rings is 1. The number of anilines is 1. The number of nitrogens with zero attached hydrogens (tertiary/aromatic N) is 3. The predicted molar refractivity (Wildman–Crippen MR) is 131 cm³/mol. The molecule has 34 heavy (non-hydrogen) atoms. The molecule has 0 radical (unpaired) electrons. The summed E-state index contributed by atoms with van der Waals surface area (Å²) in [6.07, 6.45) is 3.79. The van der Waals surface area contributed by atoms with Crippen LogP contribution in [0.3, 0.4) is 0 Å². The number of carbonyl (C=O) groups excluding carboxylic acids is 1. The maximum atomic E-state index is 13.3. The van der Waals surface area contributed by atoms with Crippen LogP contribution in [0, 0.1) is 5.92 Å². The molecule has 1 aromatic carbocycles. The molecule has 9 nitrogen and oxygen atoms in total. The van der Waals surface area contributed by atoms with Crippen LogP contribution in [0.2, 0.25) is 0 Å². The molecule has 0 bridgehead atoms. The SMILES string of the molecule is CC(CNC(=O)c1cc(S(=O)(=O)N2CCOCC2)ccc1N1CCOCC1)CN1CCCCC1. The van der Waals surface area contributed by atoms with E-state index in [0.717, 1.165) is 25.3 Å². The van der Waals surface area contributed by atoms with Gasteiger partial charge in [-0.2, -0.15) is 4.31 Å². The largest absolute Gasteiger partial charge is 0.379 e. The number of benzene rings is 1. The number of carbonyl (C=O) groups is 1. The zero-order valence-corrected chi connectivity index (χ0v) is 21.0. The summed E-state index contributed by atoms with van der Waals surface area (Å²) >= 11 is 0. The van der Waals surface area contributed by atoms with E-state index < -0.39 is 10.0 Å². The Balaban J connectivity index is 1.51. The number of hydrogen-bond donors (Lipinski definition) is 1. The minimum atomic E-state index is -3.69. The lowest BCUT2D eigenvalue weighted by atomic mass is 10.1. The zero-order chi connectivity index (χ0) is 24.0. The second-order valence-corrected chi connectivity index (χ2v) is 11.4. The fourth-order valence-electron chi connectivity index (χ4n) is 4.88. The zero-order valence-electron chi connectivity index (χ0n) is 20.2. The molecule has 0 aliphatic carbocycles. The summed E-state index contributed by atoms with van der Waals surface area (Å²) in [5.74, 6) is 0.0835. The van der Waals surface area contributed by atoms with Crippen LogP contribution < -0.4 is 10.2 Å². The van der Waals surface area contributed by atoms with Crippen molar-refractivity contribution in [3.63, 3.8) is 0 Å². The fraction of sp³-hybridized carbons (Fsp3) is 0.708. The third kappa shape index (κ3) is 6.28. The molecule has 1 atom stereocenters. The molecular weight excluding hydrogens is 456 g/mol. The summed E-state index contributed by atoms with van der Waals surface area (Å²) < 4.78 is 38.7. The van der Waals surface area contributed by atoms with Crippen LogP contribution in [0.4, 0.5) is 5.69 Å². The number of hydrogen-bond acceptors (Lipinski definition) is 7. The first-order valence-electron chi connectivity index (χ1n) is 12.5. The van der Waals surface area contributed by atoms with Gasteiger partial charge in [-0.3, -0.25) is 4.79 Å². The molecule has 0 saturated carbocycles. The third-order valence-electron chi connectivity index (χ3n) is 6.80. The normalized spacial score (nSPS) is 21.9. The molecule has 10 heteroatoms. The molecule has 0 aromatic heterocycles. The van der Waals surface area contributed by atoms with E-state index in [1.807, 2.05) is 0 Å². The molecule has 3 fully saturated rings. The van der Waals surface area contributed by atoms with Gasteiger partial charge in [-0.1, -0.05) is 13.3 Å². The Labute approximate surface area is 203 Å². The average molecular weight is 495 g/mol. The van der Waals surface area contributed by atoms with Crippen LogP contribution in [-0.2, 0) is 19.5 Å². The Hall–Kier alpha value is -1.72. The Morgan fingerprint density at radius 1 is 0.971 bits per heavy atom. The summed E-state index contributed by atoms with van der Waals surface area (Å²) in [4.78, 5) is 18.1. The lowest BCUT2D eigenvalue weighted by Crippen LogP contribution is -2.41. The molecular formula is C24H38N4O5S. The van der Waals surface area contributed by atoms with Crippen LogP contribution in [0.5, 0.6) is 0 Å². The average Bonchev–Trinajstić information content (AvgIpc) is 2.88. The first-order chi connectivity index (χ1) is 16.4. The Morgan fingerprint density at radius 3 is 2.29 bits per heavy atom. The van der Waals surface area contributed by atoms with Gasteiger partial charge in [-0.15, -0.1) is 0 Å². The maximum Gasteiger partial charge on any atom is 0.253 e. The van der Waals surface area contributed by atoms with E-state index in [0.29, 0.717) is 70.6 Å². The highest BCUT2D eigenvalue weighted by Gasteiger charge is 2.29. The number of nitrogens with one attached hydrogen (secondary N) is 1. The molecule has 1 N–H and O–H groups in total. The minimum Gasteiger partial charge on any atom is -0.379 e. The molecule has 1 aromatic rings. The van der Waals surface area contributed by atoms with Gasteiger partial charge in [0.2, 0.25) is 10.0 Å². The van der Waals surface area contributed by atoms with Gasteiger partial charge in [0, 0.05) is 45.0 Å². The highest BCUT2D eigenvalue weighted by atomic mass is 32.2. The van der Waals surface area contributed by atoms with Gasteiger partial charge >= 0.3 is 0 Å². The van der Waals surface area contributed by atoms with E-state index in [1.54, 1.807) is 18.2 Å². The van der Waals surface area contributed by atoms with Gasteiger partial charge < -0.3 is 24.6 Å². The Morgan fingerprint density at radius 2 is 1.62 bits per heavy atom. The van der Waals surface area contributed by atoms with Crippen molar-refractivity contribution in [3.05, 3.63) is 23.8 Å². The lowest BCUT2D eigenvalue weighted by Gasteiger charge is -2.31. The molecule has 3 aliphatic rings. The summed E-state index contributed by atoms with van der Waals surface area (Å²) in [5, 5.41) is 3.07. The lowest BCUT2D eigenvalue weighted by molar-refractivity contribution is 0.0730. The van der Waals surface area contributed by atoms with Crippen LogP contribution >= 0.6 is 0 Å². The van der Waals surface area contributed by atoms with Crippen molar-refractivity contribution >= 4 is 21.6 Å². The monoisotopic (exact) mass is 494 g/mol. The summed E-state index contributed by atoms with van der Waals surface area (Å²) in [5.41, 5.74) is 1.16. The third-order valence-corrected chi connectivity index (χ3v) is 8.70. The number of sulfonamides is 1. The van der Waals surface area contributed by atoms with Gasteiger partial charge in [0.1, 0.15) is 0 Å². The molecule has 3 aliphatic heterocycles. The number of likely N-dealkylation sites (tertiary alicyclic amines) is 1. The van der Waals surface area contributed by atoms with E-state index in [9.17, 15) is 13.2 Å². The number of morpholine rings is 2. The molecule has 3 saturated heterocycles. The molecule has 190 valence electrons. The number of ether oxygens (including phenoxy) is 2. The van der Waals surface area contributed by atoms with Gasteiger partial charge in [0.05, 0.1) is 36.9 Å². The van der Waals surface area contributed by atoms with Gasteiger partial charge in [0.25, 0.3) is 5.91 Å². The van der Waals surface area contributed by atoms with Gasteiger partial charge in [0.15, 0.2) is 0 Å². The molecule has 3 heterocycles. The van der Waals surface area contributed by atoms with E-state index in [-0.39, 0.29) is 10.8 Å². The molecule has 1 amide bonds. The number of rotatable bonds is 8. The first-order valence-corrected chi connectivity index (χ1v) is 13.9. The molecule has 0 spiro atoms. The summed E-state index contributed by atoms with van der Waals surface area (Å²) in [7, 11) is -3.69. The second kappa shape index (κ2) is 11.8. The van der Waals surface area contributed by atoms with Crippen LogP contribution in [-0.4, -0.2) is 102 Å². The highest BCUT2D eigenvalue weighted by molar-refractivity contribution is 7.89. The first kappa shape index (κ1) is 25.4. The van der Waals surface area contributed by atoms with Crippen molar-refractivity contribution in [2.45, 2.75) is 31.1 Å². The predicted octanol–water partition coefficient (Wildman–Crippen LogP) is 1.40. The quantitative estimate of drug-likeness (QED) is 0.584. The standard InChI is InChI=1S/C24H38N4O5S/c1-20(19-26-7-3-2-4-8-26)18-25-24(29)22-17-21(34(30,31)28-11-15-33-16-12-28)5-6-23(22)27-9-13-32-14-10-27/h5-6,17,20H,2-4,7-16,18-19H2,1H3,(H,25,29). The fourth-order valence-corrected chi connectivity index (χ4v) is 6.32. The summed E-state index contributed by atoms with van der Waals surface area (Å²) in [6, 6.07) is 4.93. The van der Waals surface area contributed by atoms with E-state index in [1.165, 1.54) is 23.6 Å². The molecule has 1 unspecified atom stereocenters. The Bertz CT molecular complexity index is 923. The smallest absolute Gasteiger partial charge is 0.253 e. The highest BCUT2D eigenvalue weighted by Crippen LogP contribution is 2.27. The maximum absolute atomic E-state index is 13.3. The van der Waals surface area contributed by atoms with E-state index in [4.69, 9.17) is 9.47 Å².